The monoisotopic (exact) mass is 290 g/mol. The van der Waals surface area contributed by atoms with Gasteiger partial charge in [-0.05, 0) is 36.6 Å². The number of rotatable bonds is 5. The fraction of sp³-hybridized carbons (Fsp3) is 0.357. The van der Waals surface area contributed by atoms with E-state index in [4.69, 9.17) is 11.5 Å². The minimum Gasteiger partial charge on any atom is -0.385 e. The molecule has 1 aliphatic rings. The Morgan fingerprint density at radius 1 is 1.14 bits per heavy atom. The van der Waals surface area contributed by atoms with Crippen molar-refractivity contribution in [3.05, 3.63) is 29.3 Å². The van der Waals surface area contributed by atoms with Crippen LogP contribution < -0.4 is 16.8 Å². The molecule has 1 aromatic carbocycles. The van der Waals surface area contributed by atoms with E-state index in [1.165, 1.54) is 0 Å². The highest BCUT2D eigenvalue weighted by Gasteiger charge is 2.21. The summed E-state index contributed by atoms with van der Waals surface area (Å²) in [6.45, 7) is 0.240. The number of fused-ring (bicyclic) bond motifs is 1. The highest BCUT2D eigenvalue weighted by molar-refractivity contribution is 5.98. The van der Waals surface area contributed by atoms with Crippen molar-refractivity contribution in [1.29, 1.82) is 0 Å². The second-order valence-electron chi connectivity index (χ2n) is 5.00. The van der Waals surface area contributed by atoms with Gasteiger partial charge in [0.25, 0.3) is 5.91 Å². The van der Waals surface area contributed by atoms with Crippen LogP contribution in [0.4, 0.5) is 5.69 Å². The van der Waals surface area contributed by atoms with E-state index in [0.717, 1.165) is 35.5 Å². The predicted octanol–water partition coefficient (Wildman–Crippen LogP) is -0.542. The molecule has 7 nitrogen and oxygen atoms in total. The van der Waals surface area contributed by atoms with Crippen LogP contribution in [0.5, 0.6) is 0 Å². The van der Waals surface area contributed by atoms with Crippen molar-refractivity contribution in [2.24, 2.45) is 11.5 Å². The maximum absolute atomic E-state index is 12.4. The summed E-state index contributed by atoms with van der Waals surface area (Å²) in [7, 11) is 0. The van der Waals surface area contributed by atoms with Crippen LogP contribution in [0, 0.1) is 0 Å². The molecule has 112 valence electrons. The number of aryl methyl sites for hydroxylation is 1. The summed E-state index contributed by atoms with van der Waals surface area (Å²) in [5.74, 6) is -1.81. The number of hydrogen-bond donors (Lipinski definition) is 3. The summed E-state index contributed by atoms with van der Waals surface area (Å²) in [5, 5.41) is 3.25. The first-order valence-corrected chi connectivity index (χ1v) is 6.70. The van der Waals surface area contributed by atoms with Gasteiger partial charge in [-0.1, -0.05) is 0 Å². The lowest BCUT2D eigenvalue weighted by Gasteiger charge is -2.22. The number of nitrogens with zero attached hydrogens (tertiary/aromatic N) is 1. The highest BCUT2D eigenvalue weighted by Crippen LogP contribution is 2.23. The SMILES string of the molecule is NC(=O)CN(CC(N)=O)C(=O)c1ccc2c(c1)CCCN2. The van der Waals surface area contributed by atoms with Crippen molar-refractivity contribution in [3.63, 3.8) is 0 Å². The van der Waals surface area contributed by atoms with Crippen molar-refractivity contribution in [2.75, 3.05) is 25.0 Å². The summed E-state index contributed by atoms with van der Waals surface area (Å²) in [4.78, 5) is 35.5. The molecule has 0 spiro atoms. The van der Waals surface area contributed by atoms with Crippen LogP contribution in [-0.4, -0.2) is 42.3 Å². The van der Waals surface area contributed by atoms with Crippen molar-refractivity contribution < 1.29 is 14.4 Å². The number of nitrogens with one attached hydrogen (secondary N) is 1. The Morgan fingerprint density at radius 3 is 2.43 bits per heavy atom. The second kappa shape index (κ2) is 6.25. The Balaban J connectivity index is 2.23. The van der Waals surface area contributed by atoms with E-state index < -0.39 is 17.7 Å². The number of hydrogen-bond acceptors (Lipinski definition) is 4. The van der Waals surface area contributed by atoms with Crippen LogP contribution in [0.2, 0.25) is 0 Å². The van der Waals surface area contributed by atoms with Crippen LogP contribution in [0.25, 0.3) is 0 Å². The smallest absolute Gasteiger partial charge is 0.254 e. The zero-order chi connectivity index (χ0) is 15.4. The number of amides is 3. The Morgan fingerprint density at radius 2 is 1.81 bits per heavy atom. The fourth-order valence-corrected chi connectivity index (χ4v) is 2.37. The molecule has 0 radical (unpaired) electrons. The second-order valence-corrected chi connectivity index (χ2v) is 5.00. The number of nitrogens with two attached hydrogens (primary N) is 2. The third kappa shape index (κ3) is 3.71. The van der Waals surface area contributed by atoms with Gasteiger partial charge in [0.1, 0.15) is 13.1 Å². The summed E-state index contributed by atoms with van der Waals surface area (Å²) < 4.78 is 0. The number of anilines is 1. The molecule has 2 rings (SSSR count). The summed E-state index contributed by atoms with van der Waals surface area (Å²) in [6, 6.07) is 5.27. The molecule has 0 saturated carbocycles. The van der Waals surface area contributed by atoms with E-state index in [1.807, 2.05) is 6.07 Å². The Kier molecular flexibility index (Phi) is 4.42. The number of carbonyl (C=O) groups excluding carboxylic acids is 3. The van der Waals surface area contributed by atoms with Gasteiger partial charge >= 0.3 is 0 Å². The quantitative estimate of drug-likeness (QED) is 0.674. The third-order valence-corrected chi connectivity index (χ3v) is 3.27. The van der Waals surface area contributed by atoms with Crippen LogP contribution in [0.3, 0.4) is 0 Å². The van der Waals surface area contributed by atoms with Crippen molar-refractivity contribution in [2.45, 2.75) is 12.8 Å². The number of primary amides is 2. The van der Waals surface area contributed by atoms with Crippen LogP contribution >= 0.6 is 0 Å². The maximum Gasteiger partial charge on any atom is 0.254 e. The molecule has 1 heterocycles. The molecular formula is C14H18N4O3. The lowest BCUT2D eigenvalue weighted by molar-refractivity contribution is -0.121. The molecule has 21 heavy (non-hydrogen) atoms. The molecule has 5 N–H and O–H groups in total. The Labute approximate surface area is 122 Å². The molecule has 0 aromatic heterocycles. The number of carbonyl (C=O) groups is 3. The van der Waals surface area contributed by atoms with E-state index in [2.05, 4.69) is 5.32 Å². The molecule has 0 bridgehead atoms. The average Bonchev–Trinajstić information content (AvgIpc) is 2.44. The van der Waals surface area contributed by atoms with Gasteiger partial charge in [0.15, 0.2) is 0 Å². The van der Waals surface area contributed by atoms with Gasteiger partial charge in [-0.15, -0.1) is 0 Å². The lowest BCUT2D eigenvalue weighted by Crippen LogP contribution is -2.43. The first-order valence-electron chi connectivity index (χ1n) is 6.70. The molecule has 1 aromatic rings. The first kappa shape index (κ1) is 14.8. The van der Waals surface area contributed by atoms with Crippen molar-refractivity contribution in [3.8, 4) is 0 Å². The molecule has 0 aliphatic carbocycles. The van der Waals surface area contributed by atoms with Gasteiger partial charge < -0.3 is 21.7 Å². The molecule has 0 saturated heterocycles. The molecule has 0 atom stereocenters. The molecule has 7 heteroatoms. The van der Waals surface area contributed by atoms with Crippen LogP contribution in [-0.2, 0) is 16.0 Å². The van der Waals surface area contributed by atoms with Gasteiger partial charge in [0.05, 0.1) is 0 Å². The van der Waals surface area contributed by atoms with E-state index in [0.29, 0.717) is 5.56 Å². The largest absolute Gasteiger partial charge is 0.385 e. The molecule has 1 aliphatic heterocycles. The minimum atomic E-state index is -0.691. The first-order chi connectivity index (χ1) is 9.97. The van der Waals surface area contributed by atoms with E-state index in [1.54, 1.807) is 12.1 Å². The van der Waals surface area contributed by atoms with Gasteiger partial charge in [-0.25, -0.2) is 0 Å². The number of benzene rings is 1. The minimum absolute atomic E-state index is 0.336. The summed E-state index contributed by atoms with van der Waals surface area (Å²) in [5.41, 5.74) is 12.7. The van der Waals surface area contributed by atoms with Crippen LogP contribution in [0.15, 0.2) is 18.2 Å². The van der Waals surface area contributed by atoms with Gasteiger partial charge in [0.2, 0.25) is 11.8 Å². The Bertz CT molecular complexity index is 570. The molecule has 0 unspecified atom stereocenters. The van der Waals surface area contributed by atoms with Crippen molar-refractivity contribution >= 4 is 23.4 Å². The van der Waals surface area contributed by atoms with E-state index >= 15 is 0 Å². The topological polar surface area (TPSA) is 119 Å². The molecular weight excluding hydrogens is 272 g/mol. The lowest BCUT2D eigenvalue weighted by atomic mass is 10.0. The van der Waals surface area contributed by atoms with E-state index in [9.17, 15) is 14.4 Å². The normalized spacial score (nSPS) is 13.0. The zero-order valence-electron chi connectivity index (χ0n) is 11.6. The predicted molar refractivity (Wildman–Crippen MR) is 77.5 cm³/mol. The average molecular weight is 290 g/mol. The highest BCUT2D eigenvalue weighted by atomic mass is 16.2. The Hall–Kier alpha value is -2.57. The molecule has 3 amide bonds. The van der Waals surface area contributed by atoms with E-state index in [-0.39, 0.29) is 13.1 Å². The third-order valence-electron chi connectivity index (χ3n) is 3.27. The summed E-state index contributed by atoms with van der Waals surface area (Å²) >= 11 is 0. The van der Waals surface area contributed by atoms with Crippen molar-refractivity contribution in [1.82, 2.24) is 4.90 Å². The summed E-state index contributed by atoms with van der Waals surface area (Å²) in [6.07, 6.45) is 1.88. The van der Waals surface area contributed by atoms with Gasteiger partial charge in [-0.3, -0.25) is 14.4 Å². The maximum atomic E-state index is 12.4. The zero-order valence-corrected chi connectivity index (χ0v) is 11.6. The van der Waals surface area contributed by atoms with Gasteiger partial charge in [-0.2, -0.15) is 0 Å². The standard InChI is InChI=1S/C14H18N4O3/c15-12(19)7-18(8-13(16)20)14(21)10-3-4-11-9(6-10)2-1-5-17-11/h3-4,6,17H,1-2,5,7-8H2,(H2,15,19)(H2,16,20). The van der Waals surface area contributed by atoms with Gasteiger partial charge in [0, 0.05) is 17.8 Å². The molecule has 0 fully saturated rings. The van der Waals surface area contributed by atoms with Crippen LogP contribution in [0.1, 0.15) is 22.3 Å². The fourth-order valence-electron chi connectivity index (χ4n) is 2.37.